The molecule has 0 unspecified atom stereocenters. The van der Waals surface area contributed by atoms with Gasteiger partial charge < -0.3 is 0 Å². The largest absolute Gasteiger partial charge is 0.299 e. The zero-order valence-corrected chi connectivity index (χ0v) is 25.1. The van der Waals surface area contributed by atoms with E-state index in [1.807, 2.05) is 24.4 Å². The monoisotopic (exact) mass is 587 g/mol. The lowest BCUT2D eigenvalue weighted by atomic mass is 9.67. The minimum Gasteiger partial charge on any atom is -0.299 e. The van der Waals surface area contributed by atoms with Crippen LogP contribution in [-0.4, -0.2) is 14.4 Å². The topological polar surface area (TPSA) is 30.2 Å². The predicted octanol–water partition coefficient (Wildman–Crippen LogP) is 10.1. The lowest BCUT2D eigenvalue weighted by Gasteiger charge is -2.34. The number of nitrogens with zero attached hydrogens (tertiary/aromatic N) is 3. The summed E-state index contributed by atoms with van der Waals surface area (Å²) in [4.78, 5) is 9.80. The highest BCUT2D eigenvalue weighted by Crippen LogP contribution is 2.58. The van der Waals surface area contributed by atoms with Gasteiger partial charge in [-0.2, -0.15) is 0 Å². The third-order valence-corrected chi connectivity index (χ3v) is 9.37. The summed E-state index contributed by atoms with van der Waals surface area (Å²) in [5.74, 6) is 0.897. The molecule has 0 saturated carbocycles. The molecular formula is C43H29N3. The van der Waals surface area contributed by atoms with Crippen LogP contribution in [0.5, 0.6) is 0 Å². The Morgan fingerprint density at radius 1 is 0.500 bits per heavy atom. The summed E-state index contributed by atoms with van der Waals surface area (Å²) in [5, 5.41) is 0. The van der Waals surface area contributed by atoms with Crippen LogP contribution in [0.1, 0.15) is 22.3 Å². The van der Waals surface area contributed by atoms with E-state index >= 15 is 0 Å². The molecule has 216 valence electrons. The van der Waals surface area contributed by atoms with Gasteiger partial charge in [0.25, 0.3) is 0 Å². The van der Waals surface area contributed by atoms with Crippen LogP contribution in [0.2, 0.25) is 0 Å². The Morgan fingerprint density at radius 3 is 1.93 bits per heavy atom. The van der Waals surface area contributed by atoms with Crippen molar-refractivity contribution in [3.05, 3.63) is 198 Å². The van der Waals surface area contributed by atoms with Gasteiger partial charge in [-0.1, -0.05) is 133 Å². The Kier molecular flexibility index (Phi) is 6.04. The van der Waals surface area contributed by atoms with Gasteiger partial charge in [-0.25, -0.2) is 4.98 Å². The van der Waals surface area contributed by atoms with Gasteiger partial charge >= 0.3 is 0 Å². The highest BCUT2D eigenvalue weighted by Gasteiger charge is 2.46. The molecule has 0 saturated heterocycles. The molecule has 3 heteroatoms. The first-order valence-corrected chi connectivity index (χ1v) is 15.7. The maximum absolute atomic E-state index is 5.18. The smallest absolute Gasteiger partial charge is 0.145 e. The van der Waals surface area contributed by atoms with Crippen molar-refractivity contribution < 1.29 is 0 Å². The van der Waals surface area contributed by atoms with Gasteiger partial charge in [0.15, 0.2) is 0 Å². The Hall–Kier alpha value is -6.06. The molecule has 46 heavy (non-hydrogen) atoms. The van der Waals surface area contributed by atoms with E-state index in [-0.39, 0.29) is 0 Å². The fraction of sp³-hybridized carbons (Fsp3) is 0.0233. The van der Waals surface area contributed by atoms with Crippen LogP contribution in [0.25, 0.3) is 50.5 Å². The minimum atomic E-state index is -0.432. The van der Waals surface area contributed by atoms with Crippen LogP contribution in [0.15, 0.2) is 176 Å². The van der Waals surface area contributed by atoms with Crippen molar-refractivity contribution >= 4 is 5.52 Å². The van der Waals surface area contributed by atoms with Gasteiger partial charge in [0.05, 0.1) is 16.6 Å². The molecular weight excluding hydrogens is 558 g/mol. The second kappa shape index (κ2) is 10.5. The number of fused-ring (bicyclic) bond motifs is 4. The maximum Gasteiger partial charge on any atom is 0.145 e. The summed E-state index contributed by atoms with van der Waals surface area (Å²) in [6.07, 6.45) is 3.91. The standard InChI is InChI=1S/C43H29N3/c1-3-17-32(18-4-1)43(33-19-5-2-6-20-33)36-23-8-7-21-35(36)40-34(22-14-24-37(40)43)30-15-13-16-31(29-30)42-45-41(38-25-9-11-27-44-38)39-26-10-12-28-46(39)42/h1-29H. The van der Waals surface area contributed by atoms with Gasteiger partial charge in [-0.15, -0.1) is 0 Å². The summed E-state index contributed by atoms with van der Waals surface area (Å²) < 4.78 is 2.17. The van der Waals surface area contributed by atoms with Gasteiger partial charge in [-0.3, -0.25) is 9.38 Å². The zero-order chi connectivity index (χ0) is 30.5. The fourth-order valence-corrected chi connectivity index (χ4v) is 7.49. The minimum absolute atomic E-state index is 0.432. The molecule has 1 aliphatic carbocycles. The van der Waals surface area contributed by atoms with Crippen molar-refractivity contribution in [3.63, 3.8) is 0 Å². The van der Waals surface area contributed by atoms with Gasteiger partial charge in [0.2, 0.25) is 0 Å². The van der Waals surface area contributed by atoms with E-state index in [4.69, 9.17) is 4.98 Å². The molecule has 0 fully saturated rings. The normalized spacial score (nSPS) is 13.0. The molecule has 0 amide bonds. The van der Waals surface area contributed by atoms with E-state index < -0.39 is 5.41 Å². The van der Waals surface area contributed by atoms with Crippen molar-refractivity contribution in [2.75, 3.05) is 0 Å². The highest BCUT2D eigenvalue weighted by molar-refractivity contribution is 5.96. The third kappa shape index (κ3) is 3.85. The quantitative estimate of drug-likeness (QED) is 0.201. The number of hydrogen-bond donors (Lipinski definition) is 0. The first-order valence-electron chi connectivity index (χ1n) is 15.7. The van der Waals surface area contributed by atoms with Crippen LogP contribution < -0.4 is 0 Å². The Labute approximate surface area is 268 Å². The molecule has 0 atom stereocenters. The molecule has 5 aromatic carbocycles. The van der Waals surface area contributed by atoms with E-state index in [9.17, 15) is 0 Å². The SMILES string of the molecule is c1ccc(C2(c3ccccc3)c3ccccc3-c3c(-c4cccc(-c5nc(-c6ccccn6)c6ccccn56)c4)cccc32)cc1. The average molecular weight is 588 g/mol. The molecule has 3 heterocycles. The maximum atomic E-state index is 5.18. The van der Waals surface area contributed by atoms with Crippen molar-refractivity contribution in [1.29, 1.82) is 0 Å². The van der Waals surface area contributed by atoms with Crippen LogP contribution in [0.4, 0.5) is 0 Å². The van der Waals surface area contributed by atoms with E-state index in [1.165, 1.54) is 38.9 Å². The first-order chi connectivity index (χ1) is 22.8. The number of rotatable bonds is 5. The van der Waals surface area contributed by atoms with Crippen LogP contribution >= 0.6 is 0 Å². The second-order valence-corrected chi connectivity index (χ2v) is 11.8. The van der Waals surface area contributed by atoms with Crippen molar-refractivity contribution in [2.24, 2.45) is 0 Å². The lowest BCUT2D eigenvalue weighted by molar-refractivity contribution is 0.768. The number of hydrogen-bond acceptors (Lipinski definition) is 2. The fourth-order valence-electron chi connectivity index (χ4n) is 7.49. The molecule has 8 aromatic rings. The Bertz CT molecular complexity index is 2320. The van der Waals surface area contributed by atoms with E-state index in [1.54, 1.807) is 0 Å². The first kappa shape index (κ1) is 26.4. The van der Waals surface area contributed by atoms with E-state index in [2.05, 4.69) is 161 Å². The predicted molar refractivity (Wildman–Crippen MR) is 187 cm³/mol. The zero-order valence-electron chi connectivity index (χ0n) is 25.1. The Morgan fingerprint density at radius 2 is 1.15 bits per heavy atom. The van der Waals surface area contributed by atoms with Gasteiger partial charge in [0.1, 0.15) is 11.5 Å². The number of benzene rings is 5. The van der Waals surface area contributed by atoms with Crippen LogP contribution in [0.3, 0.4) is 0 Å². The molecule has 0 bridgehead atoms. The summed E-state index contributed by atoms with van der Waals surface area (Å²) in [6, 6.07) is 58.7. The average Bonchev–Trinajstić information content (AvgIpc) is 3.68. The molecule has 0 aliphatic heterocycles. The van der Waals surface area contributed by atoms with Crippen molar-refractivity contribution in [2.45, 2.75) is 5.41 Å². The van der Waals surface area contributed by atoms with Crippen LogP contribution in [-0.2, 0) is 5.41 Å². The summed E-state index contributed by atoms with van der Waals surface area (Å²) in [6.45, 7) is 0. The number of aromatic nitrogens is 3. The van der Waals surface area contributed by atoms with Gasteiger partial charge in [0, 0.05) is 18.0 Å². The second-order valence-electron chi connectivity index (χ2n) is 11.8. The van der Waals surface area contributed by atoms with E-state index in [0.717, 1.165) is 33.9 Å². The molecule has 0 N–H and O–H groups in total. The lowest BCUT2D eigenvalue weighted by Crippen LogP contribution is -2.28. The van der Waals surface area contributed by atoms with E-state index in [0.29, 0.717) is 0 Å². The molecule has 0 spiro atoms. The Balaban J connectivity index is 1.28. The molecule has 3 nitrogen and oxygen atoms in total. The van der Waals surface area contributed by atoms with Crippen molar-refractivity contribution in [3.8, 4) is 45.0 Å². The number of pyridine rings is 2. The van der Waals surface area contributed by atoms with Crippen molar-refractivity contribution in [1.82, 2.24) is 14.4 Å². The summed E-state index contributed by atoms with van der Waals surface area (Å²) in [7, 11) is 0. The highest BCUT2D eigenvalue weighted by atomic mass is 15.0. The summed E-state index contributed by atoms with van der Waals surface area (Å²) in [5.41, 5.74) is 13.5. The van der Waals surface area contributed by atoms with Gasteiger partial charge in [-0.05, 0) is 74.8 Å². The molecule has 9 rings (SSSR count). The third-order valence-electron chi connectivity index (χ3n) is 9.37. The number of imidazole rings is 1. The van der Waals surface area contributed by atoms with Crippen LogP contribution in [0, 0.1) is 0 Å². The molecule has 1 aliphatic rings. The molecule has 3 aromatic heterocycles. The molecule has 0 radical (unpaired) electrons. The summed E-state index contributed by atoms with van der Waals surface area (Å²) >= 11 is 0.